The van der Waals surface area contributed by atoms with E-state index in [4.69, 9.17) is 0 Å². The summed E-state index contributed by atoms with van der Waals surface area (Å²) in [7, 11) is 0. The van der Waals surface area contributed by atoms with Gasteiger partial charge in [0.1, 0.15) is 0 Å². The molecule has 0 N–H and O–H groups in total. The summed E-state index contributed by atoms with van der Waals surface area (Å²) in [6.45, 7) is 7.22. The van der Waals surface area contributed by atoms with Crippen LogP contribution in [0.3, 0.4) is 0 Å². The molecule has 1 rings (SSSR count). The molecule has 83 valence electrons. The van der Waals surface area contributed by atoms with E-state index >= 15 is 0 Å². The van der Waals surface area contributed by atoms with Crippen LogP contribution in [0, 0.1) is 11.3 Å². The Morgan fingerprint density at radius 1 is 1.00 bits per heavy atom. The Kier molecular flexibility index (Phi) is 4.98. The number of rotatable bonds is 5. The second kappa shape index (κ2) is 5.78. The standard InChI is InChI=1S/C14H27/c1-4-5-9-12-14(2,3)13-10-7-6-8-11-13/h4-12H2,1-3H3. The van der Waals surface area contributed by atoms with E-state index in [1.807, 2.05) is 5.92 Å². The maximum Gasteiger partial charge on any atom is -0.0185 e. The second-order valence-corrected chi connectivity index (χ2v) is 5.51. The molecule has 1 radical (unpaired) electrons. The normalized spacial score (nSPS) is 19.9. The third-order valence-corrected chi connectivity index (χ3v) is 3.82. The lowest BCUT2D eigenvalue weighted by Gasteiger charge is -2.36. The zero-order chi connectivity index (χ0) is 10.4. The van der Waals surface area contributed by atoms with E-state index in [2.05, 4.69) is 20.8 Å². The summed E-state index contributed by atoms with van der Waals surface area (Å²) >= 11 is 0. The third kappa shape index (κ3) is 3.63. The molecular formula is C14H27. The average molecular weight is 195 g/mol. The zero-order valence-electron chi connectivity index (χ0n) is 10.4. The fourth-order valence-corrected chi connectivity index (χ4v) is 2.65. The molecule has 1 fully saturated rings. The van der Waals surface area contributed by atoms with Gasteiger partial charge in [-0.3, -0.25) is 0 Å². The van der Waals surface area contributed by atoms with E-state index in [9.17, 15) is 0 Å². The minimum absolute atomic E-state index is 0.537. The minimum atomic E-state index is 0.537. The molecule has 0 aromatic rings. The summed E-state index contributed by atoms with van der Waals surface area (Å²) in [6.07, 6.45) is 12.8. The molecule has 0 saturated heterocycles. The Hall–Kier alpha value is 0. The van der Waals surface area contributed by atoms with Gasteiger partial charge in [0.25, 0.3) is 0 Å². The van der Waals surface area contributed by atoms with E-state index in [1.165, 1.54) is 57.8 Å². The second-order valence-electron chi connectivity index (χ2n) is 5.51. The number of unbranched alkanes of at least 4 members (excludes halogenated alkanes) is 2. The van der Waals surface area contributed by atoms with Crippen molar-refractivity contribution in [3.8, 4) is 0 Å². The Bertz CT molecular complexity index is 140. The first kappa shape index (κ1) is 12.1. The van der Waals surface area contributed by atoms with E-state index in [0.29, 0.717) is 5.41 Å². The summed E-state index contributed by atoms with van der Waals surface area (Å²) in [5.74, 6) is 1.86. The summed E-state index contributed by atoms with van der Waals surface area (Å²) in [5, 5.41) is 0. The largest absolute Gasteiger partial charge is 0.0654 e. The number of hydrogen-bond acceptors (Lipinski definition) is 0. The summed E-state index contributed by atoms with van der Waals surface area (Å²) in [4.78, 5) is 0. The molecule has 0 bridgehead atoms. The molecular weight excluding hydrogens is 168 g/mol. The fraction of sp³-hybridized carbons (Fsp3) is 0.929. The molecule has 0 unspecified atom stereocenters. The minimum Gasteiger partial charge on any atom is -0.0654 e. The monoisotopic (exact) mass is 195 g/mol. The van der Waals surface area contributed by atoms with Crippen LogP contribution in [0.2, 0.25) is 0 Å². The van der Waals surface area contributed by atoms with Crippen LogP contribution in [-0.4, -0.2) is 0 Å². The molecule has 0 aliphatic heterocycles. The van der Waals surface area contributed by atoms with Gasteiger partial charge in [-0.2, -0.15) is 0 Å². The molecule has 1 aliphatic carbocycles. The Balaban J connectivity index is 2.29. The van der Waals surface area contributed by atoms with Gasteiger partial charge in [-0.1, -0.05) is 59.3 Å². The average Bonchev–Trinajstić information content (AvgIpc) is 2.19. The SMILES string of the molecule is CCCCCC(C)(C)[C]1CCCCC1. The van der Waals surface area contributed by atoms with Crippen LogP contribution < -0.4 is 0 Å². The lowest BCUT2D eigenvalue weighted by molar-refractivity contribution is 0.283. The molecule has 0 aromatic heterocycles. The van der Waals surface area contributed by atoms with Gasteiger partial charge < -0.3 is 0 Å². The van der Waals surface area contributed by atoms with Crippen molar-refractivity contribution in [2.45, 2.75) is 78.6 Å². The first-order valence-electron chi connectivity index (χ1n) is 6.52. The van der Waals surface area contributed by atoms with Crippen LogP contribution in [0.5, 0.6) is 0 Å². The Labute approximate surface area is 90.5 Å². The van der Waals surface area contributed by atoms with E-state index in [0.717, 1.165) is 0 Å². The van der Waals surface area contributed by atoms with Crippen molar-refractivity contribution >= 4 is 0 Å². The highest BCUT2D eigenvalue weighted by atomic mass is 14.3. The van der Waals surface area contributed by atoms with E-state index in [-0.39, 0.29) is 0 Å². The van der Waals surface area contributed by atoms with Gasteiger partial charge in [0.15, 0.2) is 0 Å². The van der Waals surface area contributed by atoms with E-state index < -0.39 is 0 Å². The molecule has 0 aromatic carbocycles. The number of hydrogen-bond donors (Lipinski definition) is 0. The van der Waals surface area contributed by atoms with Gasteiger partial charge in [-0.05, 0) is 30.6 Å². The van der Waals surface area contributed by atoms with E-state index in [1.54, 1.807) is 0 Å². The van der Waals surface area contributed by atoms with Crippen molar-refractivity contribution in [1.29, 1.82) is 0 Å². The molecule has 0 spiro atoms. The van der Waals surface area contributed by atoms with Gasteiger partial charge in [0.2, 0.25) is 0 Å². The molecule has 1 saturated carbocycles. The molecule has 1 aliphatic rings. The maximum absolute atomic E-state index is 2.46. The lowest BCUT2D eigenvalue weighted by Crippen LogP contribution is -2.24. The predicted molar refractivity (Wildman–Crippen MR) is 64.3 cm³/mol. The van der Waals surface area contributed by atoms with Gasteiger partial charge in [0, 0.05) is 0 Å². The third-order valence-electron chi connectivity index (χ3n) is 3.82. The highest BCUT2D eigenvalue weighted by Gasteiger charge is 2.30. The fourth-order valence-electron chi connectivity index (χ4n) is 2.65. The lowest BCUT2D eigenvalue weighted by atomic mass is 9.69. The first-order valence-corrected chi connectivity index (χ1v) is 6.52. The van der Waals surface area contributed by atoms with Crippen LogP contribution in [0.25, 0.3) is 0 Å². The van der Waals surface area contributed by atoms with Gasteiger partial charge in [-0.25, -0.2) is 0 Å². The molecule has 0 atom stereocenters. The topological polar surface area (TPSA) is 0 Å². The van der Waals surface area contributed by atoms with Crippen molar-refractivity contribution < 1.29 is 0 Å². The van der Waals surface area contributed by atoms with Crippen molar-refractivity contribution in [3.05, 3.63) is 5.92 Å². The predicted octanol–water partition coefficient (Wildman–Crippen LogP) is 5.13. The molecule has 0 nitrogen and oxygen atoms in total. The van der Waals surface area contributed by atoms with Crippen LogP contribution in [-0.2, 0) is 0 Å². The van der Waals surface area contributed by atoms with Gasteiger partial charge in [-0.15, -0.1) is 0 Å². The Morgan fingerprint density at radius 3 is 2.21 bits per heavy atom. The molecule has 0 heterocycles. The highest BCUT2D eigenvalue weighted by molar-refractivity contribution is 5.04. The maximum atomic E-state index is 2.46. The van der Waals surface area contributed by atoms with Crippen molar-refractivity contribution in [2.75, 3.05) is 0 Å². The van der Waals surface area contributed by atoms with Gasteiger partial charge in [0.05, 0.1) is 0 Å². The van der Waals surface area contributed by atoms with Gasteiger partial charge >= 0.3 is 0 Å². The summed E-state index contributed by atoms with van der Waals surface area (Å²) in [5.41, 5.74) is 0.537. The smallest absolute Gasteiger partial charge is 0.0185 e. The highest BCUT2D eigenvalue weighted by Crippen LogP contribution is 2.43. The van der Waals surface area contributed by atoms with Crippen LogP contribution in [0.4, 0.5) is 0 Å². The van der Waals surface area contributed by atoms with Crippen molar-refractivity contribution in [3.63, 3.8) is 0 Å². The molecule has 0 heteroatoms. The first-order chi connectivity index (χ1) is 6.67. The Morgan fingerprint density at radius 2 is 1.64 bits per heavy atom. The zero-order valence-corrected chi connectivity index (χ0v) is 10.4. The quantitative estimate of drug-likeness (QED) is 0.533. The van der Waals surface area contributed by atoms with Crippen LogP contribution >= 0.6 is 0 Å². The van der Waals surface area contributed by atoms with Crippen molar-refractivity contribution in [2.24, 2.45) is 5.41 Å². The summed E-state index contributed by atoms with van der Waals surface area (Å²) < 4.78 is 0. The summed E-state index contributed by atoms with van der Waals surface area (Å²) in [6, 6.07) is 0. The van der Waals surface area contributed by atoms with Crippen LogP contribution in [0.1, 0.15) is 78.6 Å². The molecule has 14 heavy (non-hydrogen) atoms. The van der Waals surface area contributed by atoms with Crippen LogP contribution in [0.15, 0.2) is 0 Å². The molecule has 0 amide bonds. The van der Waals surface area contributed by atoms with Crippen molar-refractivity contribution in [1.82, 2.24) is 0 Å².